The maximum atomic E-state index is 12.8. The molecule has 2 aliphatic rings. The van der Waals surface area contributed by atoms with Crippen LogP contribution in [0.3, 0.4) is 0 Å². The van der Waals surface area contributed by atoms with Crippen LogP contribution in [0.1, 0.15) is 43.2 Å². The first-order valence-corrected chi connectivity index (χ1v) is 12.6. The number of aryl methyl sites for hydroxylation is 1. The third kappa shape index (κ3) is 7.18. The highest BCUT2D eigenvalue weighted by atomic mass is 16.2. The molecule has 2 heterocycles. The summed E-state index contributed by atoms with van der Waals surface area (Å²) >= 11 is 0. The maximum absolute atomic E-state index is 12.8. The van der Waals surface area contributed by atoms with Crippen LogP contribution >= 0.6 is 0 Å². The van der Waals surface area contributed by atoms with Crippen molar-refractivity contribution in [1.82, 2.24) is 14.7 Å². The largest absolute Gasteiger partial charge is 0.340 e. The maximum Gasteiger partial charge on any atom is 0.222 e. The number of benzene rings is 2. The van der Waals surface area contributed by atoms with Gasteiger partial charge >= 0.3 is 0 Å². The number of carbonyl (C=O) groups excluding carboxylic acids is 1. The summed E-state index contributed by atoms with van der Waals surface area (Å²) < 4.78 is 0. The van der Waals surface area contributed by atoms with Crippen LogP contribution in [0.25, 0.3) is 0 Å². The summed E-state index contributed by atoms with van der Waals surface area (Å²) in [5, 5.41) is 0. The number of hydrogen-bond donors (Lipinski definition) is 0. The molecule has 0 aromatic heterocycles. The molecule has 2 aromatic carbocycles. The van der Waals surface area contributed by atoms with Crippen molar-refractivity contribution < 1.29 is 4.79 Å². The molecule has 1 unspecified atom stereocenters. The zero-order valence-electron chi connectivity index (χ0n) is 19.5. The molecule has 0 aliphatic carbocycles. The second-order valence-electron chi connectivity index (χ2n) is 9.58. The minimum absolute atomic E-state index is 0.366. The molecule has 172 valence electrons. The van der Waals surface area contributed by atoms with Crippen molar-refractivity contribution in [2.24, 2.45) is 5.92 Å². The van der Waals surface area contributed by atoms with E-state index >= 15 is 0 Å². The number of likely N-dealkylation sites (tertiary alicyclic amines) is 1. The van der Waals surface area contributed by atoms with Crippen molar-refractivity contribution >= 4 is 5.91 Å². The molecule has 2 aromatic rings. The van der Waals surface area contributed by atoms with E-state index in [4.69, 9.17) is 0 Å². The number of piperazine rings is 1. The Labute approximate surface area is 194 Å². The van der Waals surface area contributed by atoms with Crippen molar-refractivity contribution in [2.75, 3.05) is 45.8 Å². The summed E-state index contributed by atoms with van der Waals surface area (Å²) in [6.45, 7) is 8.30. The molecule has 0 N–H and O–H groups in total. The Kier molecular flexibility index (Phi) is 8.75. The Bertz CT molecular complexity index is 802. The zero-order valence-corrected chi connectivity index (χ0v) is 19.5. The Morgan fingerprint density at radius 3 is 2.22 bits per heavy atom. The predicted octanol–water partition coefficient (Wildman–Crippen LogP) is 4.46. The molecule has 2 saturated heterocycles. The van der Waals surface area contributed by atoms with E-state index in [2.05, 4.69) is 75.4 Å². The van der Waals surface area contributed by atoms with Crippen LogP contribution in [-0.4, -0.2) is 66.4 Å². The van der Waals surface area contributed by atoms with Gasteiger partial charge in [-0.1, -0.05) is 60.7 Å². The second-order valence-corrected chi connectivity index (χ2v) is 9.58. The molecule has 0 bridgehead atoms. The summed E-state index contributed by atoms with van der Waals surface area (Å²) in [6.07, 6.45) is 6.73. The average Bonchev–Trinajstić information content (AvgIpc) is 2.85. The number of nitrogens with zero attached hydrogens (tertiary/aromatic N) is 3. The van der Waals surface area contributed by atoms with E-state index in [-0.39, 0.29) is 0 Å². The van der Waals surface area contributed by atoms with Gasteiger partial charge in [-0.2, -0.15) is 0 Å². The smallest absolute Gasteiger partial charge is 0.222 e. The molecule has 0 saturated carbocycles. The van der Waals surface area contributed by atoms with Crippen LogP contribution in [0.4, 0.5) is 0 Å². The molecular weight excluding hydrogens is 394 g/mol. The summed E-state index contributed by atoms with van der Waals surface area (Å²) in [6, 6.07) is 21.5. The van der Waals surface area contributed by atoms with Gasteiger partial charge in [0.05, 0.1) is 0 Å². The van der Waals surface area contributed by atoms with Crippen molar-refractivity contribution in [3.05, 3.63) is 71.8 Å². The first-order chi connectivity index (χ1) is 15.8. The molecule has 4 rings (SSSR count). The highest BCUT2D eigenvalue weighted by Gasteiger charge is 2.24. The molecule has 1 atom stereocenters. The number of rotatable bonds is 9. The van der Waals surface area contributed by atoms with Crippen molar-refractivity contribution in [3.8, 4) is 0 Å². The normalized spacial score (nSPS) is 20.4. The number of hydrogen-bond acceptors (Lipinski definition) is 3. The molecule has 0 spiro atoms. The minimum Gasteiger partial charge on any atom is -0.340 e. The summed E-state index contributed by atoms with van der Waals surface area (Å²) in [7, 11) is 0. The molecule has 4 nitrogen and oxygen atoms in total. The summed E-state index contributed by atoms with van der Waals surface area (Å²) in [5.41, 5.74) is 2.80. The lowest BCUT2D eigenvalue weighted by atomic mass is 9.93. The average molecular weight is 434 g/mol. The van der Waals surface area contributed by atoms with E-state index in [1.54, 1.807) is 0 Å². The third-order valence-corrected chi connectivity index (χ3v) is 7.13. The van der Waals surface area contributed by atoms with E-state index < -0.39 is 0 Å². The Morgan fingerprint density at radius 1 is 0.812 bits per heavy atom. The third-order valence-electron chi connectivity index (χ3n) is 7.13. The van der Waals surface area contributed by atoms with Crippen molar-refractivity contribution in [1.29, 1.82) is 0 Å². The van der Waals surface area contributed by atoms with Crippen molar-refractivity contribution in [3.63, 3.8) is 0 Å². The monoisotopic (exact) mass is 433 g/mol. The van der Waals surface area contributed by atoms with E-state index in [1.165, 1.54) is 50.0 Å². The van der Waals surface area contributed by atoms with Gasteiger partial charge < -0.3 is 9.80 Å². The topological polar surface area (TPSA) is 26.8 Å². The van der Waals surface area contributed by atoms with E-state index in [9.17, 15) is 4.79 Å². The molecular formula is C28H39N3O. The van der Waals surface area contributed by atoms with Gasteiger partial charge in [0, 0.05) is 45.7 Å². The van der Waals surface area contributed by atoms with Gasteiger partial charge in [0.2, 0.25) is 5.91 Å². The van der Waals surface area contributed by atoms with Gasteiger partial charge in [-0.25, -0.2) is 0 Å². The van der Waals surface area contributed by atoms with Crippen LogP contribution in [0.2, 0.25) is 0 Å². The fraction of sp³-hybridized carbons (Fsp3) is 0.536. The lowest BCUT2D eigenvalue weighted by Gasteiger charge is -2.36. The van der Waals surface area contributed by atoms with Crippen LogP contribution in [0.5, 0.6) is 0 Å². The fourth-order valence-electron chi connectivity index (χ4n) is 5.22. The van der Waals surface area contributed by atoms with Crippen molar-refractivity contribution in [2.45, 2.75) is 45.1 Å². The van der Waals surface area contributed by atoms with E-state index in [0.717, 1.165) is 52.0 Å². The number of amides is 1. The van der Waals surface area contributed by atoms with Gasteiger partial charge in [0.15, 0.2) is 0 Å². The quantitative estimate of drug-likeness (QED) is 0.584. The van der Waals surface area contributed by atoms with Gasteiger partial charge in [-0.3, -0.25) is 9.69 Å². The Hall–Kier alpha value is -2.17. The number of piperidine rings is 1. The standard InChI is InChI=1S/C28H39N3O/c32-28(31-21-19-30(20-22-31)23-26-11-5-2-6-12-26)16-15-27-14-8-18-29(24-27)17-7-13-25-9-3-1-4-10-25/h1-6,9-12,27H,7-8,13-24H2. The Morgan fingerprint density at radius 2 is 1.50 bits per heavy atom. The van der Waals surface area contributed by atoms with Gasteiger partial charge in [0.1, 0.15) is 0 Å². The second kappa shape index (κ2) is 12.2. The fourth-order valence-corrected chi connectivity index (χ4v) is 5.22. The molecule has 1 amide bonds. The first-order valence-electron chi connectivity index (χ1n) is 12.6. The van der Waals surface area contributed by atoms with Crippen LogP contribution in [-0.2, 0) is 17.8 Å². The zero-order chi connectivity index (χ0) is 22.0. The molecule has 32 heavy (non-hydrogen) atoms. The molecule has 0 radical (unpaired) electrons. The minimum atomic E-state index is 0.366. The van der Waals surface area contributed by atoms with E-state index in [1.807, 2.05) is 0 Å². The predicted molar refractivity (Wildman–Crippen MR) is 131 cm³/mol. The lowest BCUT2D eigenvalue weighted by Crippen LogP contribution is -2.48. The van der Waals surface area contributed by atoms with Crippen LogP contribution in [0.15, 0.2) is 60.7 Å². The summed E-state index contributed by atoms with van der Waals surface area (Å²) in [4.78, 5) is 20.0. The first kappa shape index (κ1) is 23.0. The summed E-state index contributed by atoms with van der Waals surface area (Å²) in [5.74, 6) is 1.05. The highest BCUT2D eigenvalue weighted by Crippen LogP contribution is 2.22. The number of carbonyl (C=O) groups is 1. The SMILES string of the molecule is O=C(CCC1CCCN(CCCc2ccccc2)C1)N1CCN(Cc2ccccc2)CC1. The van der Waals surface area contributed by atoms with E-state index in [0.29, 0.717) is 11.8 Å². The highest BCUT2D eigenvalue weighted by molar-refractivity contribution is 5.76. The van der Waals surface area contributed by atoms with Gasteiger partial charge in [-0.15, -0.1) is 0 Å². The van der Waals surface area contributed by atoms with Crippen LogP contribution in [0, 0.1) is 5.92 Å². The van der Waals surface area contributed by atoms with Gasteiger partial charge in [0.25, 0.3) is 0 Å². The van der Waals surface area contributed by atoms with Crippen LogP contribution < -0.4 is 0 Å². The molecule has 4 heteroatoms. The van der Waals surface area contributed by atoms with Gasteiger partial charge in [-0.05, 0) is 62.2 Å². The molecule has 2 fully saturated rings. The molecule has 2 aliphatic heterocycles. The Balaban J connectivity index is 1.12. The lowest BCUT2D eigenvalue weighted by molar-refractivity contribution is -0.133.